The summed E-state index contributed by atoms with van der Waals surface area (Å²) >= 11 is 0. The van der Waals surface area contributed by atoms with Gasteiger partial charge < -0.3 is 9.32 Å². The van der Waals surface area contributed by atoms with Crippen LogP contribution in [0.5, 0.6) is 0 Å². The Morgan fingerprint density at radius 1 is 0.267 bits per heavy atom. The van der Waals surface area contributed by atoms with Crippen LogP contribution in [0.4, 0.5) is 17.1 Å². The maximum atomic E-state index is 6.47. The normalized spacial score (nSPS) is 11.3. The fourth-order valence-electron chi connectivity index (χ4n) is 8.74. The summed E-state index contributed by atoms with van der Waals surface area (Å²) in [6.45, 7) is 0. The number of rotatable bonds is 8. The van der Waals surface area contributed by atoms with E-state index in [0.29, 0.717) is 0 Å². The highest BCUT2D eigenvalue weighted by Crippen LogP contribution is 2.46. The minimum absolute atomic E-state index is 0.858. The van der Waals surface area contributed by atoms with Crippen LogP contribution in [-0.4, -0.2) is 0 Å². The summed E-state index contributed by atoms with van der Waals surface area (Å²) in [4.78, 5) is 2.37. The summed E-state index contributed by atoms with van der Waals surface area (Å²) in [6, 6.07) is 84.9. The minimum atomic E-state index is 0.858. The average Bonchev–Trinajstić information content (AvgIpc) is 3.70. The van der Waals surface area contributed by atoms with Gasteiger partial charge in [0.1, 0.15) is 11.2 Å². The third kappa shape index (κ3) is 6.41. The zero-order valence-corrected chi connectivity index (χ0v) is 32.9. The molecule has 10 aromatic carbocycles. The van der Waals surface area contributed by atoms with Crippen LogP contribution in [0.3, 0.4) is 0 Å². The van der Waals surface area contributed by atoms with E-state index in [9.17, 15) is 0 Å². The van der Waals surface area contributed by atoms with E-state index >= 15 is 0 Å². The van der Waals surface area contributed by atoms with Crippen molar-refractivity contribution >= 4 is 49.8 Å². The maximum absolute atomic E-state index is 6.47. The van der Waals surface area contributed by atoms with Gasteiger partial charge in [0.2, 0.25) is 0 Å². The predicted molar refractivity (Wildman–Crippen MR) is 253 cm³/mol. The second-order valence-electron chi connectivity index (χ2n) is 15.3. The number of hydrogen-bond acceptors (Lipinski definition) is 2. The first kappa shape index (κ1) is 35.2. The molecule has 60 heavy (non-hydrogen) atoms. The molecule has 2 heteroatoms. The lowest BCUT2D eigenvalue weighted by atomic mass is 9.88. The highest BCUT2D eigenvalue weighted by molar-refractivity contribution is 6.06. The SMILES string of the molecule is c1ccc(-c2ccccc2-c2ccccc2-c2ccccc2N(c2ccc(-c3ccc(-c4ccc5ccccc5c4)cc3)cc2)c2ccc3c(c2)oc2ccccc23)cc1. The van der Waals surface area contributed by atoms with Gasteiger partial charge in [0.15, 0.2) is 0 Å². The molecule has 0 radical (unpaired) electrons. The molecule has 0 N–H and O–H groups in total. The van der Waals surface area contributed by atoms with Crippen molar-refractivity contribution < 1.29 is 4.42 Å². The van der Waals surface area contributed by atoms with Gasteiger partial charge in [0, 0.05) is 33.8 Å². The molecule has 0 aliphatic rings. The van der Waals surface area contributed by atoms with Crippen LogP contribution in [0, 0.1) is 0 Å². The monoisotopic (exact) mass is 765 g/mol. The molecule has 11 rings (SSSR count). The Morgan fingerprint density at radius 2 is 0.767 bits per heavy atom. The third-order valence-corrected chi connectivity index (χ3v) is 11.7. The molecule has 1 aromatic heterocycles. The molecular formula is C58H39NO. The molecule has 282 valence electrons. The molecule has 0 amide bonds. The molecule has 0 saturated carbocycles. The Labute approximate surface area is 349 Å². The van der Waals surface area contributed by atoms with Crippen LogP contribution < -0.4 is 4.90 Å². The Bertz CT molecular complexity index is 3310. The van der Waals surface area contributed by atoms with Crippen molar-refractivity contribution in [3.63, 3.8) is 0 Å². The summed E-state index contributed by atoms with van der Waals surface area (Å²) in [5.74, 6) is 0. The Kier molecular flexibility index (Phi) is 8.87. The van der Waals surface area contributed by atoms with E-state index in [2.05, 4.69) is 229 Å². The number of furan rings is 1. The van der Waals surface area contributed by atoms with Crippen LogP contribution in [-0.2, 0) is 0 Å². The Hall–Kier alpha value is -7.94. The second kappa shape index (κ2) is 15.1. The zero-order chi connectivity index (χ0) is 39.8. The summed E-state index contributed by atoms with van der Waals surface area (Å²) in [5.41, 5.74) is 16.7. The lowest BCUT2D eigenvalue weighted by Crippen LogP contribution is -2.11. The van der Waals surface area contributed by atoms with Gasteiger partial charge in [-0.2, -0.15) is 0 Å². The average molecular weight is 766 g/mol. The molecule has 0 saturated heterocycles. The molecule has 0 unspecified atom stereocenters. The van der Waals surface area contributed by atoms with Crippen LogP contribution in [0.2, 0.25) is 0 Å². The highest BCUT2D eigenvalue weighted by atomic mass is 16.3. The fourth-order valence-corrected chi connectivity index (χ4v) is 8.74. The first-order valence-corrected chi connectivity index (χ1v) is 20.5. The van der Waals surface area contributed by atoms with Gasteiger partial charge in [-0.3, -0.25) is 0 Å². The van der Waals surface area contributed by atoms with Crippen molar-refractivity contribution in [3.05, 3.63) is 237 Å². The quantitative estimate of drug-likeness (QED) is 0.153. The first-order valence-electron chi connectivity index (χ1n) is 20.5. The molecule has 1 heterocycles. The molecule has 0 fully saturated rings. The molecule has 2 nitrogen and oxygen atoms in total. The zero-order valence-electron chi connectivity index (χ0n) is 32.9. The summed E-state index contributed by atoms with van der Waals surface area (Å²) in [5, 5.41) is 4.73. The van der Waals surface area contributed by atoms with Gasteiger partial charge in [-0.25, -0.2) is 0 Å². The van der Waals surface area contributed by atoms with E-state index in [4.69, 9.17) is 4.42 Å². The van der Waals surface area contributed by atoms with E-state index < -0.39 is 0 Å². The Morgan fingerprint density at radius 3 is 1.52 bits per heavy atom. The lowest BCUT2D eigenvalue weighted by Gasteiger charge is -2.28. The number of hydrogen-bond donors (Lipinski definition) is 0. The molecule has 0 bridgehead atoms. The first-order chi connectivity index (χ1) is 29.7. The van der Waals surface area contributed by atoms with E-state index in [-0.39, 0.29) is 0 Å². The molecule has 0 aliphatic carbocycles. The number of anilines is 3. The van der Waals surface area contributed by atoms with Gasteiger partial charge in [-0.15, -0.1) is 0 Å². The number of benzene rings is 10. The molecule has 0 spiro atoms. The topological polar surface area (TPSA) is 16.4 Å². The standard InChI is InChI=1S/C58H39NO/c1-2-15-44(16-3-1)49-18-6-7-19-50(49)51-20-8-9-21-52(51)53-22-10-12-24-56(53)59(48-36-37-55-54-23-11-13-25-57(54)60-58(55)39-48)47-34-32-42(33-35-47)41-26-28-43(29-27-41)46-31-30-40-14-4-5-17-45(40)38-46/h1-39H. The van der Waals surface area contributed by atoms with Crippen molar-refractivity contribution in [3.8, 4) is 55.6 Å². The van der Waals surface area contributed by atoms with Crippen LogP contribution >= 0.6 is 0 Å². The van der Waals surface area contributed by atoms with E-state index in [0.717, 1.165) is 55.7 Å². The predicted octanol–water partition coefficient (Wildman–Crippen LogP) is 16.5. The summed E-state index contributed by atoms with van der Waals surface area (Å²) in [6.07, 6.45) is 0. The molecule has 11 aromatic rings. The lowest BCUT2D eigenvalue weighted by molar-refractivity contribution is 0.669. The third-order valence-electron chi connectivity index (χ3n) is 11.7. The van der Waals surface area contributed by atoms with Gasteiger partial charge in [0.25, 0.3) is 0 Å². The van der Waals surface area contributed by atoms with Crippen molar-refractivity contribution in [1.82, 2.24) is 0 Å². The van der Waals surface area contributed by atoms with Gasteiger partial charge >= 0.3 is 0 Å². The highest BCUT2D eigenvalue weighted by Gasteiger charge is 2.21. The van der Waals surface area contributed by atoms with Crippen molar-refractivity contribution in [2.75, 3.05) is 4.90 Å². The number of para-hydroxylation sites is 2. The van der Waals surface area contributed by atoms with E-state index in [1.54, 1.807) is 0 Å². The minimum Gasteiger partial charge on any atom is -0.456 e. The van der Waals surface area contributed by atoms with Gasteiger partial charge in [-0.1, -0.05) is 188 Å². The molecule has 0 atom stereocenters. The van der Waals surface area contributed by atoms with Gasteiger partial charge in [-0.05, 0) is 103 Å². The van der Waals surface area contributed by atoms with Crippen molar-refractivity contribution in [2.24, 2.45) is 0 Å². The molecule has 0 aliphatic heterocycles. The van der Waals surface area contributed by atoms with Gasteiger partial charge in [0.05, 0.1) is 5.69 Å². The summed E-state index contributed by atoms with van der Waals surface area (Å²) < 4.78 is 6.47. The number of fused-ring (bicyclic) bond motifs is 4. The number of nitrogens with zero attached hydrogens (tertiary/aromatic N) is 1. The molecular weight excluding hydrogens is 727 g/mol. The second-order valence-corrected chi connectivity index (χ2v) is 15.3. The van der Waals surface area contributed by atoms with Crippen LogP contribution in [0.25, 0.3) is 88.3 Å². The Balaban J connectivity index is 1.02. The maximum Gasteiger partial charge on any atom is 0.137 e. The van der Waals surface area contributed by atoms with Crippen LogP contribution in [0.1, 0.15) is 0 Å². The van der Waals surface area contributed by atoms with Crippen molar-refractivity contribution in [2.45, 2.75) is 0 Å². The largest absolute Gasteiger partial charge is 0.456 e. The van der Waals surface area contributed by atoms with Crippen molar-refractivity contribution in [1.29, 1.82) is 0 Å². The smallest absolute Gasteiger partial charge is 0.137 e. The summed E-state index contributed by atoms with van der Waals surface area (Å²) in [7, 11) is 0. The van der Waals surface area contributed by atoms with Crippen LogP contribution in [0.15, 0.2) is 241 Å². The van der Waals surface area contributed by atoms with E-state index in [1.165, 1.54) is 49.7 Å². The van der Waals surface area contributed by atoms with E-state index in [1.807, 2.05) is 12.1 Å². The fraction of sp³-hybridized carbons (Fsp3) is 0.